The maximum Gasteiger partial charge on any atom is 0.235 e. The summed E-state index contributed by atoms with van der Waals surface area (Å²) in [6.07, 6.45) is -0.392. The van der Waals surface area contributed by atoms with Crippen LogP contribution in [0, 0.1) is 0 Å². The van der Waals surface area contributed by atoms with Crippen molar-refractivity contribution in [1.29, 1.82) is 0 Å². The molecule has 3 aromatic rings. The summed E-state index contributed by atoms with van der Waals surface area (Å²) in [4.78, 5) is 14.1. The van der Waals surface area contributed by atoms with Crippen molar-refractivity contribution in [2.24, 2.45) is 0 Å². The number of benzene rings is 3. The summed E-state index contributed by atoms with van der Waals surface area (Å²) in [7, 11) is 1.58. The fourth-order valence-electron chi connectivity index (χ4n) is 3.53. The molecule has 1 aliphatic heterocycles. The Bertz CT molecular complexity index is 971. The Labute approximate surface area is 164 Å². The van der Waals surface area contributed by atoms with E-state index in [2.05, 4.69) is 41.7 Å². The molecule has 3 aromatic carbocycles. The number of phenolic OH excluding ortho intramolecular Hbond substituents is 1. The highest BCUT2D eigenvalue weighted by molar-refractivity contribution is 5.81. The number of rotatable bonds is 5. The molecule has 1 heterocycles. The quantitative estimate of drug-likeness (QED) is 0.715. The van der Waals surface area contributed by atoms with E-state index in [1.54, 1.807) is 25.3 Å². The monoisotopic (exact) mass is 374 g/mol. The minimum Gasteiger partial charge on any atom is -0.508 e. The van der Waals surface area contributed by atoms with Gasteiger partial charge in [0.1, 0.15) is 17.7 Å². The molecule has 1 aliphatic rings. The predicted molar refractivity (Wildman–Crippen MR) is 108 cm³/mol. The SMILES string of the molecule is COc1ccc(O)c(C2NC(=O)CN2Cc2ccc(-c3ccccc3)cc2)c1. The molecular weight excluding hydrogens is 352 g/mol. The largest absolute Gasteiger partial charge is 0.508 e. The van der Waals surface area contributed by atoms with Gasteiger partial charge in [0.05, 0.1) is 13.7 Å². The Hall–Kier alpha value is -3.31. The van der Waals surface area contributed by atoms with E-state index in [1.807, 2.05) is 23.1 Å². The third kappa shape index (κ3) is 3.70. The van der Waals surface area contributed by atoms with Crippen LogP contribution in [0.25, 0.3) is 11.1 Å². The van der Waals surface area contributed by atoms with Crippen LogP contribution in [0.3, 0.4) is 0 Å². The van der Waals surface area contributed by atoms with Crippen molar-refractivity contribution in [2.75, 3.05) is 13.7 Å². The van der Waals surface area contributed by atoms with Crippen LogP contribution in [0.15, 0.2) is 72.8 Å². The van der Waals surface area contributed by atoms with E-state index < -0.39 is 6.17 Å². The number of hydrogen-bond donors (Lipinski definition) is 2. The minimum absolute atomic E-state index is 0.0619. The number of ether oxygens (including phenoxy) is 1. The molecule has 2 N–H and O–H groups in total. The number of carbonyl (C=O) groups excluding carboxylic acids is 1. The summed E-state index contributed by atoms with van der Waals surface area (Å²) in [5.41, 5.74) is 4.06. The number of amides is 1. The van der Waals surface area contributed by atoms with Crippen molar-refractivity contribution in [3.05, 3.63) is 83.9 Å². The van der Waals surface area contributed by atoms with Gasteiger partial charge in [0.15, 0.2) is 0 Å². The van der Waals surface area contributed by atoms with Gasteiger partial charge in [0.25, 0.3) is 0 Å². The Balaban J connectivity index is 1.55. The molecule has 0 aliphatic carbocycles. The summed E-state index contributed by atoms with van der Waals surface area (Å²) in [5, 5.41) is 13.2. The van der Waals surface area contributed by atoms with Crippen LogP contribution in [-0.4, -0.2) is 29.6 Å². The molecule has 0 saturated carbocycles. The molecule has 4 rings (SSSR count). The Morgan fingerprint density at radius 3 is 2.46 bits per heavy atom. The zero-order valence-corrected chi connectivity index (χ0v) is 15.6. The highest BCUT2D eigenvalue weighted by Gasteiger charge is 2.32. The van der Waals surface area contributed by atoms with Gasteiger partial charge in [-0.2, -0.15) is 0 Å². The average Bonchev–Trinajstić information content (AvgIpc) is 3.09. The lowest BCUT2D eigenvalue weighted by Gasteiger charge is -2.24. The van der Waals surface area contributed by atoms with Crippen LogP contribution in [0.4, 0.5) is 0 Å². The maximum atomic E-state index is 12.1. The van der Waals surface area contributed by atoms with E-state index in [0.717, 1.165) is 11.1 Å². The molecular formula is C23H22N2O3. The number of carbonyl (C=O) groups is 1. The summed E-state index contributed by atoms with van der Waals surface area (Å²) >= 11 is 0. The Morgan fingerprint density at radius 1 is 1.04 bits per heavy atom. The first-order valence-corrected chi connectivity index (χ1v) is 9.19. The first kappa shape index (κ1) is 18.1. The molecule has 1 fully saturated rings. The topological polar surface area (TPSA) is 61.8 Å². The summed E-state index contributed by atoms with van der Waals surface area (Å²) < 4.78 is 5.26. The molecule has 0 bridgehead atoms. The average molecular weight is 374 g/mol. The molecule has 142 valence electrons. The van der Waals surface area contributed by atoms with E-state index in [0.29, 0.717) is 17.9 Å². The molecule has 1 saturated heterocycles. The predicted octanol–water partition coefficient (Wildman–Crippen LogP) is 3.70. The molecule has 1 unspecified atom stereocenters. The summed E-state index contributed by atoms with van der Waals surface area (Å²) in [6.45, 7) is 0.872. The molecule has 1 amide bonds. The van der Waals surface area contributed by atoms with Crippen LogP contribution in [-0.2, 0) is 11.3 Å². The third-order valence-corrected chi connectivity index (χ3v) is 4.99. The highest BCUT2D eigenvalue weighted by atomic mass is 16.5. The number of aromatic hydroxyl groups is 1. The van der Waals surface area contributed by atoms with Crippen LogP contribution >= 0.6 is 0 Å². The van der Waals surface area contributed by atoms with Crippen molar-refractivity contribution in [1.82, 2.24) is 10.2 Å². The first-order valence-electron chi connectivity index (χ1n) is 9.19. The van der Waals surface area contributed by atoms with Crippen molar-refractivity contribution in [3.8, 4) is 22.6 Å². The second-order valence-corrected chi connectivity index (χ2v) is 6.86. The van der Waals surface area contributed by atoms with Crippen LogP contribution in [0.1, 0.15) is 17.3 Å². The van der Waals surface area contributed by atoms with Gasteiger partial charge in [-0.05, 0) is 34.9 Å². The van der Waals surface area contributed by atoms with E-state index >= 15 is 0 Å². The number of nitrogens with zero attached hydrogens (tertiary/aromatic N) is 1. The van der Waals surface area contributed by atoms with Gasteiger partial charge in [0, 0.05) is 12.1 Å². The fraction of sp³-hybridized carbons (Fsp3) is 0.174. The highest BCUT2D eigenvalue weighted by Crippen LogP contribution is 2.33. The normalized spacial score (nSPS) is 16.8. The van der Waals surface area contributed by atoms with Crippen molar-refractivity contribution in [3.63, 3.8) is 0 Å². The molecule has 0 radical (unpaired) electrons. The minimum atomic E-state index is -0.392. The number of phenols is 1. The Morgan fingerprint density at radius 2 is 1.75 bits per heavy atom. The third-order valence-electron chi connectivity index (χ3n) is 4.99. The van der Waals surface area contributed by atoms with Crippen LogP contribution in [0.2, 0.25) is 0 Å². The number of methoxy groups -OCH3 is 1. The van der Waals surface area contributed by atoms with Crippen molar-refractivity contribution < 1.29 is 14.6 Å². The molecule has 28 heavy (non-hydrogen) atoms. The zero-order valence-electron chi connectivity index (χ0n) is 15.6. The van der Waals surface area contributed by atoms with Gasteiger partial charge in [-0.3, -0.25) is 9.69 Å². The standard InChI is InChI=1S/C23H22N2O3/c1-28-19-11-12-21(26)20(13-19)23-24-22(27)15-25(23)14-16-7-9-18(10-8-16)17-5-3-2-4-6-17/h2-13,23,26H,14-15H2,1H3,(H,24,27). The van der Waals surface area contributed by atoms with Crippen LogP contribution < -0.4 is 10.1 Å². The molecule has 0 spiro atoms. The van der Waals surface area contributed by atoms with Crippen molar-refractivity contribution >= 4 is 5.91 Å². The molecule has 1 atom stereocenters. The second kappa shape index (κ2) is 7.74. The van der Waals surface area contributed by atoms with Gasteiger partial charge in [0.2, 0.25) is 5.91 Å². The van der Waals surface area contributed by atoms with E-state index in [-0.39, 0.29) is 18.2 Å². The van der Waals surface area contributed by atoms with Gasteiger partial charge >= 0.3 is 0 Å². The second-order valence-electron chi connectivity index (χ2n) is 6.86. The maximum absolute atomic E-state index is 12.1. The zero-order chi connectivity index (χ0) is 19.5. The molecule has 5 nitrogen and oxygen atoms in total. The van der Waals surface area contributed by atoms with Gasteiger partial charge in [-0.1, -0.05) is 54.6 Å². The molecule has 5 heteroatoms. The van der Waals surface area contributed by atoms with Gasteiger partial charge in [-0.15, -0.1) is 0 Å². The lowest BCUT2D eigenvalue weighted by molar-refractivity contribution is -0.118. The summed E-state index contributed by atoms with van der Waals surface area (Å²) in [5.74, 6) is 0.715. The fourth-order valence-corrected chi connectivity index (χ4v) is 3.53. The number of hydrogen-bond acceptors (Lipinski definition) is 4. The smallest absolute Gasteiger partial charge is 0.235 e. The molecule has 0 aromatic heterocycles. The van der Waals surface area contributed by atoms with Crippen molar-refractivity contribution in [2.45, 2.75) is 12.7 Å². The van der Waals surface area contributed by atoms with Gasteiger partial charge < -0.3 is 15.2 Å². The van der Waals surface area contributed by atoms with E-state index in [4.69, 9.17) is 4.74 Å². The summed E-state index contributed by atoms with van der Waals surface area (Å²) in [6, 6.07) is 23.6. The van der Waals surface area contributed by atoms with Crippen LogP contribution in [0.5, 0.6) is 11.5 Å². The Kier molecular flexibility index (Phi) is 5.00. The lowest BCUT2D eigenvalue weighted by Crippen LogP contribution is -2.27. The first-order chi connectivity index (χ1) is 13.6. The van der Waals surface area contributed by atoms with E-state index in [9.17, 15) is 9.90 Å². The van der Waals surface area contributed by atoms with E-state index in [1.165, 1.54) is 5.56 Å². The van der Waals surface area contributed by atoms with Gasteiger partial charge in [-0.25, -0.2) is 0 Å². The number of nitrogens with one attached hydrogen (secondary N) is 1. The lowest BCUT2D eigenvalue weighted by atomic mass is 10.0.